The number of hydrogen-bond acceptors (Lipinski definition) is 2. The van der Waals surface area contributed by atoms with Crippen molar-refractivity contribution < 1.29 is 4.42 Å². The van der Waals surface area contributed by atoms with Crippen LogP contribution in [0.15, 0.2) is 94.1 Å². The maximum absolute atomic E-state index is 12.5. The molecule has 0 radical (unpaired) electrons. The molecule has 1 heterocycles. The van der Waals surface area contributed by atoms with Gasteiger partial charge in [0.2, 0.25) is 0 Å². The minimum atomic E-state index is -0.00925. The van der Waals surface area contributed by atoms with Crippen LogP contribution in [0.1, 0.15) is 11.1 Å². The van der Waals surface area contributed by atoms with Crippen molar-refractivity contribution in [3.8, 4) is 11.3 Å². The number of hydrogen-bond donors (Lipinski definition) is 0. The van der Waals surface area contributed by atoms with E-state index in [1.165, 1.54) is 5.56 Å². The maximum atomic E-state index is 12.5. The summed E-state index contributed by atoms with van der Waals surface area (Å²) in [6.07, 6.45) is 0.735. The number of para-hydroxylation sites is 1. The summed E-state index contributed by atoms with van der Waals surface area (Å²) in [7, 11) is 0. The van der Waals surface area contributed by atoms with Gasteiger partial charge in [-0.25, -0.2) is 0 Å². The molecule has 0 N–H and O–H groups in total. The average Bonchev–Trinajstić information content (AvgIpc) is 2.64. The predicted molar refractivity (Wildman–Crippen MR) is 97.2 cm³/mol. The summed E-state index contributed by atoms with van der Waals surface area (Å²) in [5, 5.41) is 0.628. The third kappa shape index (κ3) is 2.74. The summed E-state index contributed by atoms with van der Waals surface area (Å²) in [6, 6.07) is 27.3. The van der Waals surface area contributed by atoms with Crippen LogP contribution in [0.4, 0.5) is 0 Å². The molecular weight excluding hydrogens is 296 g/mol. The summed E-state index contributed by atoms with van der Waals surface area (Å²) in [4.78, 5) is 12.5. The van der Waals surface area contributed by atoms with Crippen LogP contribution in [-0.4, -0.2) is 0 Å². The highest BCUT2D eigenvalue weighted by Crippen LogP contribution is 2.25. The van der Waals surface area contributed by atoms with E-state index in [2.05, 4.69) is 12.1 Å². The van der Waals surface area contributed by atoms with Gasteiger partial charge in [0.25, 0.3) is 0 Å². The zero-order valence-electron chi connectivity index (χ0n) is 13.1. The molecule has 0 bridgehead atoms. The van der Waals surface area contributed by atoms with Crippen molar-refractivity contribution in [3.05, 3.63) is 106 Å². The molecule has 0 saturated heterocycles. The fourth-order valence-corrected chi connectivity index (χ4v) is 2.94. The minimum absolute atomic E-state index is 0.00925. The van der Waals surface area contributed by atoms with Gasteiger partial charge in [-0.2, -0.15) is 0 Å². The van der Waals surface area contributed by atoms with Crippen LogP contribution >= 0.6 is 0 Å². The molecule has 0 spiro atoms. The molecule has 0 atom stereocenters. The third-order valence-electron chi connectivity index (χ3n) is 4.13. The van der Waals surface area contributed by atoms with Gasteiger partial charge in [0.05, 0.1) is 5.39 Å². The number of fused-ring (bicyclic) bond motifs is 1. The number of benzene rings is 3. The van der Waals surface area contributed by atoms with E-state index >= 15 is 0 Å². The highest BCUT2D eigenvalue weighted by Gasteiger charge is 2.10. The van der Waals surface area contributed by atoms with Gasteiger partial charge in [0, 0.05) is 18.1 Å². The summed E-state index contributed by atoms with van der Waals surface area (Å²) < 4.78 is 6.13. The van der Waals surface area contributed by atoms with E-state index in [9.17, 15) is 4.79 Å². The number of rotatable bonds is 3. The molecule has 0 aliphatic rings. The first-order valence-corrected chi connectivity index (χ1v) is 7.96. The Morgan fingerprint density at radius 2 is 1.46 bits per heavy atom. The molecule has 0 fully saturated rings. The fourth-order valence-electron chi connectivity index (χ4n) is 2.94. The quantitative estimate of drug-likeness (QED) is 0.530. The van der Waals surface area contributed by atoms with Crippen molar-refractivity contribution in [1.29, 1.82) is 0 Å². The molecule has 116 valence electrons. The van der Waals surface area contributed by atoms with Crippen LogP contribution in [0, 0.1) is 0 Å². The van der Waals surface area contributed by atoms with E-state index in [1.807, 2.05) is 66.7 Å². The van der Waals surface area contributed by atoms with Gasteiger partial charge >= 0.3 is 0 Å². The van der Waals surface area contributed by atoms with Crippen molar-refractivity contribution in [3.63, 3.8) is 0 Å². The maximum Gasteiger partial charge on any atom is 0.193 e. The molecule has 3 aromatic carbocycles. The van der Waals surface area contributed by atoms with E-state index in [1.54, 1.807) is 6.07 Å². The largest absolute Gasteiger partial charge is 0.456 e. The Hall–Kier alpha value is -3.13. The van der Waals surface area contributed by atoms with Crippen LogP contribution in [-0.2, 0) is 6.42 Å². The predicted octanol–water partition coefficient (Wildman–Crippen LogP) is 5.05. The van der Waals surface area contributed by atoms with Crippen LogP contribution < -0.4 is 5.43 Å². The van der Waals surface area contributed by atoms with E-state index < -0.39 is 0 Å². The molecule has 1 aromatic heterocycles. The Morgan fingerprint density at radius 3 is 2.21 bits per heavy atom. The van der Waals surface area contributed by atoms with Crippen LogP contribution in [0.25, 0.3) is 22.3 Å². The van der Waals surface area contributed by atoms with Gasteiger partial charge < -0.3 is 4.42 Å². The topological polar surface area (TPSA) is 30.2 Å². The van der Waals surface area contributed by atoms with Gasteiger partial charge in [-0.05, 0) is 17.2 Å². The molecule has 2 nitrogen and oxygen atoms in total. The highest BCUT2D eigenvalue weighted by molar-refractivity contribution is 5.82. The highest BCUT2D eigenvalue weighted by atomic mass is 16.3. The molecular formula is C22H16O2. The van der Waals surface area contributed by atoms with Crippen molar-refractivity contribution in [2.24, 2.45) is 0 Å². The second kappa shape index (κ2) is 6.17. The van der Waals surface area contributed by atoms with Crippen LogP contribution in [0.2, 0.25) is 0 Å². The summed E-state index contributed by atoms with van der Waals surface area (Å²) in [6.45, 7) is 0. The molecule has 0 amide bonds. The van der Waals surface area contributed by atoms with Gasteiger partial charge in [-0.1, -0.05) is 72.8 Å². The molecule has 4 rings (SSSR count). The normalized spacial score (nSPS) is 10.8. The molecule has 2 heteroatoms. The fraction of sp³-hybridized carbons (Fsp3) is 0.0455. The van der Waals surface area contributed by atoms with Crippen LogP contribution in [0.3, 0.4) is 0 Å². The first-order chi connectivity index (χ1) is 11.8. The van der Waals surface area contributed by atoms with Gasteiger partial charge in [0.15, 0.2) is 5.43 Å². The second-order valence-corrected chi connectivity index (χ2v) is 5.80. The van der Waals surface area contributed by atoms with Crippen molar-refractivity contribution in [2.45, 2.75) is 6.42 Å². The first-order valence-electron chi connectivity index (χ1n) is 7.96. The Balaban J connectivity index is 1.89. The zero-order chi connectivity index (χ0) is 16.4. The third-order valence-corrected chi connectivity index (χ3v) is 4.13. The van der Waals surface area contributed by atoms with Crippen LogP contribution in [0.5, 0.6) is 0 Å². The lowest BCUT2D eigenvalue weighted by atomic mass is 10.0. The average molecular weight is 312 g/mol. The van der Waals surface area contributed by atoms with E-state index in [-0.39, 0.29) is 5.43 Å². The summed E-state index contributed by atoms with van der Waals surface area (Å²) in [5.41, 5.74) is 3.79. The lowest BCUT2D eigenvalue weighted by Crippen LogP contribution is -2.02. The van der Waals surface area contributed by atoms with Crippen molar-refractivity contribution in [1.82, 2.24) is 0 Å². The van der Waals surface area contributed by atoms with Gasteiger partial charge in [-0.15, -0.1) is 0 Å². The summed E-state index contributed by atoms with van der Waals surface area (Å²) in [5.74, 6) is 0.605. The zero-order valence-corrected chi connectivity index (χ0v) is 13.1. The SMILES string of the molecule is O=c1cc(-c2ccccc2)oc2c(Cc3ccccc3)cccc12. The minimum Gasteiger partial charge on any atom is -0.456 e. The monoisotopic (exact) mass is 312 g/mol. The Morgan fingerprint density at radius 1 is 0.750 bits per heavy atom. The smallest absolute Gasteiger partial charge is 0.193 e. The van der Waals surface area contributed by atoms with Crippen molar-refractivity contribution in [2.75, 3.05) is 0 Å². The molecule has 0 aliphatic heterocycles. The molecule has 4 aromatic rings. The lowest BCUT2D eigenvalue weighted by molar-refractivity contribution is 0.615. The van der Waals surface area contributed by atoms with Crippen molar-refractivity contribution >= 4 is 11.0 Å². The molecule has 0 aliphatic carbocycles. The Bertz CT molecular complexity index is 1030. The second-order valence-electron chi connectivity index (χ2n) is 5.80. The van der Waals surface area contributed by atoms with Gasteiger partial charge in [0.1, 0.15) is 11.3 Å². The first kappa shape index (κ1) is 14.5. The lowest BCUT2D eigenvalue weighted by Gasteiger charge is -2.08. The van der Waals surface area contributed by atoms with E-state index in [4.69, 9.17) is 4.42 Å². The summed E-state index contributed by atoms with van der Waals surface area (Å²) >= 11 is 0. The molecule has 0 saturated carbocycles. The molecule has 0 unspecified atom stereocenters. The standard InChI is InChI=1S/C22H16O2/c23-20-15-21(17-10-5-2-6-11-17)24-22-18(12-7-13-19(20)22)14-16-8-3-1-4-9-16/h1-13,15H,14H2. The Kier molecular flexibility index (Phi) is 3.72. The molecule has 24 heavy (non-hydrogen) atoms. The van der Waals surface area contributed by atoms with E-state index in [0.717, 1.165) is 17.5 Å². The Labute approximate surface area is 140 Å². The van der Waals surface area contributed by atoms with E-state index in [0.29, 0.717) is 16.7 Å². The van der Waals surface area contributed by atoms with Gasteiger partial charge in [-0.3, -0.25) is 4.79 Å².